The standard InChI is InChI=1S/C23H26ClNO5/c1-15-2-4-19(22(27)28)21(10-15)29-14-18(26)13-25-8-6-23(7-9-25)12-16-11-17(24)3-5-20(16)30-23/h2-5,10-11,18,26H,6-9,12-14H2,1H3,(H,27,28)/t18-/m0/s1. The lowest BCUT2D eigenvalue weighted by molar-refractivity contribution is -0.00203. The lowest BCUT2D eigenvalue weighted by atomic mass is 9.87. The molecule has 30 heavy (non-hydrogen) atoms. The van der Waals surface area contributed by atoms with Crippen molar-refractivity contribution >= 4 is 17.6 Å². The Balaban J connectivity index is 1.28. The van der Waals surface area contributed by atoms with Crippen molar-refractivity contribution in [3.8, 4) is 11.5 Å². The highest BCUT2D eigenvalue weighted by atomic mass is 35.5. The zero-order valence-electron chi connectivity index (χ0n) is 16.9. The fourth-order valence-corrected chi connectivity index (χ4v) is 4.48. The van der Waals surface area contributed by atoms with Gasteiger partial charge < -0.3 is 24.6 Å². The molecular weight excluding hydrogens is 406 g/mol. The molecule has 0 radical (unpaired) electrons. The van der Waals surface area contributed by atoms with Crippen LogP contribution < -0.4 is 9.47 Å². The van der Waals surface area contributed by atoms with Crippen LogP contribution in [0.1, 0.15) is 34.3 Å². The Morgan fingerprint density at radius 3 is 2.77 bits per heavy atom. The summed E-state index contributed by atoms with van der Waals surface area (Å²) in [6, 6.07) is 10.7. The average molecular weight is 432 g/mol. The van der Waals surface area contributed by atoms with E-state index in [1.54, 1.807) is 12.1 Å². The highest BCUT2D eigenvalue weighted by Crippen LogP contribution is 2.41. The quantitative estimate of drug-likeness (QED) is 0.728. The summed E-state index contributed by atoms with van der Waals surface area (Å²) in [5.74, 6) is 0.170. The number of β-amino-alcohol motifs (C(OH)–C–C–N with tert-alkyl or cyclic N) is 1. The third kappa shape index (κ3) is 4.56. The number of hydrogen-bond acceptors (Lipinski definition) is 5. The van der Waals surface area contributed by atoms with Crippen molar-refractivity contribution in [1.82, 2.24) is 4.90 Å². The summed E-state index contributed by atoms with van der Waals surface area (Å²) in [6.07, 6.45) is 1.93. The van der Waals surface area contributed by atoms with Crippen LogP contribution in [-0.2, 0) is 6.42 Å². The summed E-state index contributed by atoms with van der Waals surface area (Å²) in [5.41, 5.74) is 2.00. The minimum absolute atomic E-state index is 0.0474. The lowest BCUT2D eigenvalue weighted by Gasteiger charge is -2.39. The number of piperidine rings is 1. The number of carboxylic acid groups (broad SMARTS) is 1. The molecule has 6 nitrogen and oxygen atoms in total. The second kappa shape index (κ2) is 8.46. The number of rotatable bonds is 6. The Bertz CT molecular complexity index is 939. The number of aliphatic hydroxyl groups excluding tert-OH is 1. The number of hydrogen-bond donors (Lipinski definition) is 2. The fourth-order valence-electron chi connectivity index (χ4n) is 4.29. The van der Waals surface area contributed by atoms with Gasteiger partial charge >= 0.3 is 5.97 Å². The van der Waals surface area contributed by atoms with E-state index >= 15 is 0 Å². The number of nitrogens with zero attached hydrogens (tertiary/aromatic N) is 1. The van der Waals surface area contributed by atoms with Crippen molar-refractivity contribution in [2.45, 2.75) is 37.9 Å². The summed E-state index contributed by atoms with van der Waals surface area (Å²) >= 11 is 6.10. The summed E-state index contributed by atoms with van der Waals surface area (Å²) in [7, 11) is 0. The Hall–Kier alpha value is -2.28. The average Bonchev–Trinajstić information content (AvgIpc) is 3.05. The van der Waals surface area contributed by atoms with Crippen molar-refractivity contribution in [2.24, 2.45) is 0 Å². The number of aliphatic hydroxyl groups is 1. The first-order valence-electron chi connectivity index (χ1n) is 10.2. The van der Waals surface area contributed by atoms with E-state index < -0.39 is 12.1 Å². The Morgan fingerprint density at radius 2 is 2.03 bits per heavy atom. The number of carboxylic acids is 1. The molecule has 1 fully saturated rings. The van der Waals surface area contributed by atoms with Gasteiger partial charge in [0.25, 0.3) is 0 Å². The maximum atomic E-state index is 11.3. The van der Waals surface area contributed by atoms with Crippen LogP contribution in [0.5, 0.6) is 11.5 Å². The molecule has 0 saturated carbocycles. The van der Waals surface area contributed by atoms with Gasteiger partial charge in [0.05, 0.1) is 0 Å². The van der Waals surface area contributed by atoms with E-state index in [2.05, 4.69) is 4.90 Å². The first-order valence-corrected chi connectivity index (χ1v) is 10.6. The molecule has 2 N–H and O–H groups in total. The molecule has 0 aromatic heterocycles. The predicted octanol–water partition coefficient (Wildman–Crippen LogP) is 3.56. The van der Waals surface area contributed by atoms with E-state index in [1.807, 2.05) is 25.1 Å². The molecule has 0 unspecified atom stereocenters. The Morgan fingerprint density at radius 1 is 1.27 bits per heavy atom. The van der Waals surface area contributed by atoms with E-state index in [4.69, 9.17) is 21.1 Å². The van der Waals surface area contributed by atoms with E-state index in [9.17, 15) is 15.0 Å². The normalized spacial score (nSPS) is 18.6. The largest absolute Gasteiger partial charge is 0.490 e. The number of aryl methyl sites for hydroxylation is 1. The summed E-state index contributed by atoms with van der Waals surface area (Å²) in [6.45, 7) is 4.04. The van der Waals surface area contributed by atoms with Gasteiger partial charge in [-0.25, -0.2) is 4.79 Å². The number of aromatic carboxylic acids is 1. The zero-order chi connectivity index (χ0) is 21.3. The van der Waals surface area contributed by atoms with Crippen molar-refractivity contribution < 1.29 is 24.5 Å². The molecule has 2 heterocycles. The van der Waals surface area contributed by atoms with Crippen LogP contribution in [0.2, 0.25) is 5.02 Å². The summed E-state index contributed by atoms with van der Waals surface area (Å²) < 4.78 is 11.9. The van der Waals surface area contributed by atoms with Crippen LogP contribution in [0.4, 0.5) is 0 Å². The van der Waals surface area contributed by atoms with Crippen molar-refractivity contribution in [2.75, 3.05) is 26.2 Å². The molecule has 2 aliphatic rings. The van der Waals surface area contributed by atoms with Gasteiger partial charge in [0, 0.05) is 43.9 Å². The monoisotopic (exact) mass is 431 g/mol. The number of likely N-dealkylation sites (tertiary alicyclic amines) is 1. The van der Waals surface area contributed by atoms with Crippen LogP contribution in [0.3, 0.4) is 0 Å². The van der Waals surface area contributed by atoms with Crippen molar-refractivity contribution in [1.29, 1.82) is 0 Å². The van der Waals surface area contributed by atoms with E-state index in [0.717, 1.165) is 54.3 Å². The molecule has 1 saturated heterocycles. The van der Waals surface area contributed by atoms with Crippen LogP contribution in [0.25, 0.3) is 0 Å². The first-order chi connectivity index (χ1) is 14.3. The maximum Gasteiger partial charge on any atom is 0.339 e. The van der Waals surface area contributed by atoms with Gasteiger partial charge in [0.15, 0.2) is 0 Å². The zero-order valence-corrected chi connectivity index (χ0v) is 17.7. The van der Waals surface area contributed by atoms with Crippen molar-refractivity contribution in [3.63, 3.8) is 0 Å². The highest BCUT2D eigenvalue weighted by Gasteiger charge is 2.42. The molecule has 7 heteroatoms. The SMILES string of the molecule is Cc1ccc(C(=O)O)c(OC[C@@H](O)CN2CCC3(CC2)Cc2cc(Cl)ccc2O3)c1. The van der Waals surface area contributed by atoms with Crippen LogP contribution in [0, 0.1) is 6.92 Å². The molecule has 0 amide bonds. The van der Waals surface area contributed by atoms with Gasteiger partial charge in [0.1, 0.15) is 35.4 Å². The molecular formula is C23H26ClNO5. The van der Waals surface area contributed by atoms with Crippen LogP contribution in [0.15, 0.2) is 36.4 Å². The molecule has 2 aromatic carbocycles. The Labute approximate surface area is 181 Å². The fraction of sp³-hybridized carbons (Fsp3) is 0.435. The number of ether oxygens (including phenoxy) is 2. The minimum Gasteiger partial charge on any atom is -0.490 e. The molecule has 0 bridgehead atoms. The first kappa shape index (κ1) is 21.0. The lowest BCUT2D eigenvalue weighted by Crippen LogP contribution is -2.49. The van der Waals surface area contributed by atoms with E-state index in [1.165, 1.54) is 6.07 Å². The molecule has 2 aliphatic heterocycles. The van der Waals surface area contributed by atoms with E-state index in [-0.39, 0.29) is 23.5 Å². The minimum atomic E-state index is -1.04. The van der Waals surface area contributed by atoms with Gasteiger partial charge in [0.2, 0.25) is 0 Å². The highest BCUT2D eigenvalue weighted by molar-refractivity contribution is 6.30. The van der Waals surface area contributed by atoms with Crippen LogP contribution >= 0.6 is 11.6 Å². The van der Waals surface area contributed by atoms with Crippen molar-refractivity contribution in [3.05, 3.63) is 58.1 Å². The number of fused-ring (bicyclic) bond motifs is 1. The third-order valence-electron chi connectivity index (χ3n) is 5.90. The van der Waals surface area contributed by atoms with Gasteiger partial charge in [-0.2, -0.15) is 0 Å². The van der Waals surface area contributed by atoms with Gasteiger partial charge in [-0.15, -0.1) is 0 Å². The second-order valence-corrected chi connectivity index (χ2v) is 8.72. The maximum absolute atomic E-state index is 11.3. The summed E-state index contributed by atoms with van der Waals surface area (Å²) in [4.78, 5) is 13.5. The van der Waals surface area contributed by atoms with E-state index in [0.29, 0.717) is 6.54 Å². The predicted molar refractivity (Wildman–Crippen MR) is 114 cm³/mol. The summed E-state index contributed by atoms with van der Waals surface area (Å²) in [5, 5.41) is 20.5. The molecule has 160 valence electrons. The number of halogens is 1. The Kier molecular flexibility index (Phi) is 5.91. The molecule has 2 aromatic rings. The van der Waals surface area contributed by atoms with Gasteiger partial charge in [-0.05, 0) is 48.4 Å². The molecule has 0 aliphatic carbocycles. The van der Waals surface area contributed by atoms with Gasteiger partial charge in [-0.3, -0.25) is 0 Å². The molecule has 4 rings (SSSR count). The third-order valence-corrected chi connectivity index (χ3v) is 6.13. The second-order valence-electron chi connectivity index (χ2n) is 8.28. The molecule has 1 spiro atoms. The molecule has 1 atom stereocenters. The topological polar surface area (TPSA) is 79.2 Å². The number of carbonyl (C=O) groups is 1. The van der Waals surface area contributed by atoms with Gasteiger partial charge in [-0.1, -0.05) is 17.7 Å². The smallest absolute Gasteiger partial charge is 0.339 e. The van der Waals surface area contributed by atoms with Crippen LogP contribution in [-0.4, -0.2) is 59.0 Å². The number of benzene rings is 2.